The highest BCUT2D eigenvalue weighted by Crippen LogP contribution is 2.59. The largest absolute Gasteiger partial charge is 0.355 e. The van der Waals surface area contributed by atoms with Crippen LogP contribution in [0, 0.1) is 11.8 Å². The van der Waals surface area contributed by atoms with Gasteiger partial charge in [0.15, 0.2) is 0 Å². The summed E-state index contributed by atoms with van der Waals surface area (Å²) in [6.45, 7) is 8.39. The molecule has 3 fully saturated rings. The first-order chi connectivity index (χ1) is 12.9. The molecule has 1 saturated heterocycles. The molecule has 3 aliphatic rings. The summed E-state index contributed by atoms with van der Waals surface area (Å²) >= 11 is 0. The number of nitrogens with zero attached hydrogens (tertiary/aromatic N) is 1. The highest BCUT2D eigenvalue weighted by Gasteiger charge is 2.61. The summed E-state index contributed by atoms with van der Waals surface area (Å²) in [5, 5.41) is 2.89. The average molecular weight is 369 g/mol. The van der Waals surface area contributed by atoms with Gasteiger partial charge in [-0.2, -0.15) is 0 Å². The second-order valence-corrected chi connectivity index (χ2v) is 9.18. The number of carbonyl (C=O) groups excluding carboxylic acids is 2. The summed E-state index contributed by atoms with van der Waals surface area (Å²) in [5.74, 6) is 0.729. The van der Waals surface area contributed by atoms with E-state index in [-0.39, 0.29) is 23.1 Å². The van der Waals surface area contributed by atoms with Crippen molar-refractivity contribution in [3.63, 3.8) is 0 Å². The molecule has 0 bridgehead atoms. The van der Waals surface area contributed by atoms with Crippen LogP contribution in [0.25, 0.3) is 0 Å². The summed E-state index contributed by atoms with van der Waals surface area (Å²) in [6.07, 6.45) is 5.04. The van der Waals surface area contributed by atoms with E-state index in [1.165, 1.54) is 30.4 Å². The molecule has 2 amide bonds. The van der Waals surface area contributed by atoms with Crippen LogP contribution in [0.2, 0.25) is 0 Å². The molecule has 0 aromatic heterocycles. The van der Waals surface area contributed by atoms with E-state index in [0.29, 0.717) is 24.3 Å². The summed E-state index contributed by atoms with van der Waals surface area (Å²) in [6, 6.07) is 9.25. The van der Waals surface area contributed by atoms with Crippen molar-refractivity contribution < 1.29 is 9.59 Å². The van der Waals surface area contributed by atoms with Crippen LogP contribution >= 0.6 is 0 Å². The molecule has 1 heterocycles. The first-order valence-corrected chi connectivity index (χ1v) is 10.6. The summed E-state index contributed by atoms with van der Waals surface area (Å²) < 4.78 is 0. The van der Waals surface area contributed by atoms with E-state index in [2.05, 4.69) is 41.4 Å². The van der Waals surface area contributed by atoms with Crippen LogP contribution in [-0.4, -0.2) is 36.3 Å². The van der Waals surface area contributed by atoms with Crippen LogP contribution in [0.1, 0.15) is 64.0 Å². The highest BCUT2D eigenvalue weighted by molar-refractivity contribution is 5.81. The van der Waals surface area contributed by atoms with Crippen molar-refractivity contribution in [2.45, 2.75) is 63.7 Å². The van der Waals surface area contributed by atoms with E-state index in [9.17, 15) is 9.59 Å². The van der Waals surface area contributed by atoms with Crippen molar-refractivity contribution in [1.82, 2.24) is 10.2 Å². The van der Waals surface area contributed by atoms with E-state index in [1.807, 2.05) is 13.8 Å². The lowest BCUT2D eigenvalue weighted by molar-refractivity contribution is -0.135. The number of hydrogen-bond acceptors (Lipinski definition) is 2. The third-order valence-corrected chi connectivity index (χ3v) is 7.32. The van der Waals surface area contributed by atoms with Crippen LogP contribution < -0.4 is 5.32 Å². The minimum Gasteiger partial charge on any atom is -0.355 e. The van der Waals surface area contributed by atoms with Gasteiger partial charge in [-0.3, -0.25) is 9.59 Å². The normalized spacial score (nSPS) is 28.4. The van der Waals surface area contributed by atoms with Crippen LogP contribution in [0.15, 0.2) is 24.3 Å². The number of rotatable bonds is 7. The highest BCUT2D eigenvalue weighted by atomic mass is 16.2. The Balaban J connectivity index is 1.40. The maximum Gasteiger partial charge on any atom is 0.227 e. The molecule has 27 heavy (non-hydrogen) atoms. The van der Waals surface area contributed by atoms with Crippen molar-refractivity contribution in [1.29, 1.82) is 0 Å². The van der Waals surface area contributed by atoms with Gasteiger partial charge in [-0.1, -0.05) is 45.0 Å². The molecule has 3 atom stereocenters. The number of fused-ring (bicyclic) bond motifs is 1. The van der Waals surface area contributed by atoms with E-state index >= 15 is 0 Å². The number of likely N-dealkylation sites (tertiary alicyclic amines) is 1. The van der Waals surface area contributed by atoms with Crippen molar-refractivity contribution >= 4 is 11.8 Å². The molecule has 1 aromatic carbocycles. The minimum atomic E-state index is -0.104. The Morgan fingerprint density at radius 2 is 1.85 bits per heavy atom. The van der Waals surface area contributed by atoms with Crippen molar-refractivity contribution in [3.05, 3.63) is 35.4 Å². The van der Waals surface area contributed by atoms with Gasteiger partial charge in [0.2, 0.25) is 11.8 Å². The lowest BCUT2D eigenvalue weighted by Crippen LogP contribution is -2.42. The Bertz CT molecular complexity index is 737. The summed E-state index contributed by atoms with van der Waals surface area (Å²) in [5.41, 5.74) is 3.46. The third-order valence-electron chi connectivity index (χ3n) is 7.32. The summed E-state index contributed by atoms with van der Waals surface area (Å²) in [7, 11) is 0. The number of amides is 2. The van der Waals surface area contributed by atoms with Gasteiger partial charge < -0.3 is 10.2 Å². The van der Waals surface area contributed by atoms with Gasteiger partial charge in [0, 0.05) is 31.5 Å². The molecule has 0 unspecified atom stereocenters. The van der Waals surface area contributed by atoms with Crippen molar-refractivity contribution in [3.8, 4) is 0 Å². The number of benzene rings is 1. The second-order valence-electron chi connectivity index (χ2n) is 9.18. The number of carbonyl (C=O) groups is 2. The zero-order chi connectivity index (χ0) is 19.2. The average Bonchev–Trinajstić information content (AvgIpc) is 3.58. The smallest absolute Gasteiger partial charge is 0.227 e. The molecule has 4 heteroatoms. The molecular formula is C23H32N2O2. The Morgan fingerprint density at radius 3 is 2.44 bits per heavy atom. The van der Waals surface area contributed by atoms with E-state index < -0.39 is 0 Å². The minimum absolute atomic E-state index is 0.0198. The molecular weight excluding hydrogens is 336 g/mol. The lowest BCUT2D eigenvalue weighted by atomic mass is 9.90. The standard InChI is InChI=1S/C23H32N2O2/c1-4-16(13-24-20(26)5-2)21(27)25-14-19-12-23(19,15-25)18-8-6-17(7-9-18)22(3)10-11-22/h6-9,16,19H,4-5,10-15H2,1-3H3,(H,24,26)/t16-,19+,23-/m1/s1. The van der Waals surface area contributed by atoms with Gasteiger partial charge in [-0.05, 0) is 48.1 Å². The Labute approximate surface area is 162 Å². The summed E-state index contributed by atoms with van der Waals surface area (Å²) in [4.78, 5) is 26.6. The molecule has 1 N–H and O–H groups in total. The zero-order valence-corrected chi connectivity index (χ0v) is 16.9. The number of piperidine rings is 1. The van der Waals surface area contributed by atoms with E-state index in [4.69, 9.17) is 0 Å². The van der Waals surface area contributed by atoms with Crippen LogP contribution in [-0.2, 0) is 20.4 Å². The molecule has 1 aliphatic heterocycles. The number of nitrogens with one attached hydrogen (secondary N) is 1. The predicted molar refractivity (Wildman–Crippen MR) is 106 cm³/mol. The Hall–Kier alpha value is -1.84. The predicted octanol–water partition coefficient (Wildman–Crippen LogP) is 3.39. The fraction of sp³-hybridized carbons (Fsp3) is 0.652. The molecule has 1 aromatic rings. The molecule has 0 spiro atoms. The fourth-order valence-corrected chi connectivity index (χ4v) is 4.80. The van der Waals surface area contributed by atoms with Gasteiger partial charge >= 0.3 is 0 Å². The molecule has 0 radical (unpaired) electrons. The SMILES string of the molecule is CCC(=O)NC[C@@H](CC)C(=O)N1C[C@@H]2C[C@]2(c2ccc(C3(C)CC3)cc2)C1. The first-order valence-electron chi connectivity index (χ1n) is 10.6. The van der Waals surface area contributed by atoms with Gasteiger partial charge in [-0.15, -0.1) is 0 Å². The quantitative estimate of drug-likeness (QED) is 0.802. The maximum absolute atomic E-state index is 13.0. The molecule has 4 rings (SSSR count). The van der Waals surface area contributed by atoms with Crippen LogP contribution in [0.3, 0.4) is 0 Å². The molecule has 4 nitrogen and oxygen atoms in total. The molecule has 146 valence electrons. The maximum atomic E-state index is 13.0. The van der Waals surface area contributed by atoms with Crippen molar-refractivity contribution in [2.75, 3.05) is 19.6 Å². The van der Waals surface area contributed by atoms with Crippen LogP contribution in [0.5, 0.6) is 0 Å². The van der Waals surface area contributed by atoms with Gasteiger partial charge in [0.05, 0.1) is 5.92 Å². The lowest BCUT2D eigenvalue weighted by Gasteiger charge is -2.26. The monoisotopic (exact) mass is 368 g/mol. The van der Waals surface area contributed by atoms with E-state index in [1.54, 1.807) is 0 Å². The third kappa shape index (κ3) is 3.28. The molecule has 2 aliphatic carbocycles. The fourth-order valence-electron chi connectivity index (χ4n) is 4.80. The topological polar surface area (TPSA) is 49.4 Å². The van der Waals surface area contributed by atoms with Gasteiger partial charge in [-0.25, -0.2) is 0 Å². The second kappa shape index (κ2) is 6.65. The number of hydrogen-bond donors (Lipinski definition) is 1. The van der Waals surface area contributed by atoms with Gasteiger partial charge in [0.25, 0.3) is 0 Å². The van der Waals surface area contributed by atoms with Crippen molar-refractivity contribution in [2.24, 2.45) is 11.8 Å². The van der Waals surface area contributed by atoms with Gasteiger partial charge in [0.1, 0.15) is 0 Å². The first kappa shape index (κ1) is 18.5. The zero-order valence-electron chi connectivity index (χ0n) is 16.9. The van der Waals surface area contributed by atoms with E-state index in [0.717, 1.165) is 19.5 Å². The Morgan fingerprint density at radius 1 is 1.19 bits per heavy atom. The molecule has 2 saturated carbocycles. The Kier molecular flexibility index (Phi) is 4.56. The van der Waals surface area contributed by atoms with Crippen LogP contribution in [0.4, 0.5) is 0 Å².